The molecule has 152 valence electrons. The summed E-state index contributed by atoms with van der Waals surface area (Å²) < 4.78 is 17.3. The number of thiazole rings is 1. The third-order valence-electron chi connectivity index (χ3n) is 5.61. The van der Waals surface area contributed by atoms with Crippen LogP contribution in [-0.4, -0.2) is 69.4 Å². The number of fused-ring (bicyclic) bond motifs is 1. The van der Waals surface area contributed by atoms with Gasteiger partial charge >= 0.3 is 0 Å². The molecule has 0 N–H and O–H groups in total. The summed E-state index contributed by atoms with van der Waals surface area (Å²) in [6.45, 7) is 4.63. The molecule has 0 unspecified atom stereocenters. The minimum atomic E-state index is 0.274. The number of piperidine rings is 1. The van der Waals surface area contributed by atoms with E-state index < -0.39 is 0 Å². The van der Waals surface area contributed by atoms with Crippen molar-refractivity contribution < 1.29 is 19.0 Å². The number of methoxy groups -OCH3 is 2. The van der Waals surface area contributed by atoms with E-state index in [-0.39, 0.29) is 5.91 Å². The predicted molar refractivity (Wildman–Crippen MR) is 110 cm³/mol. The molecule has 3 heterocycles. The van der Waals surface area contributed by atoms with Crippen molar-refractivity contribution in [3.63, 3.8) is 0 Å². The molecule has 0 spiro atoms. The summed E-state index contributed by atoms with van der Waals surface area (Å²) in [7, 11) is 3.34. The highest BCUT2D eigenvalue weighted by Crippen LogP contribution is 2.41. The molecule has 0 bridgehead atoms. The number of aromatic nitrogens is 1. The number of hydrogen-bond acceptors (Lipinski definition) is 7. The molecular weight excluding hydrogens is 378 g/mol. The first-order valence-electron chi connectivity index (χ1n) is 9.81. The molecule has 0 radical (unpaired) electrons. The third-order valence-corrected chi connectivity index (χ3v) is 6.74. The van der Waals surface area contributed by atoms with E-state index >= 15 is 0 Å². The number of carbonyl (C=O) groups is 1. The summed E-state index contributed by atoms with van der Waals surface area (Å²) in [6, 6.07) is 3.82. The van der Waals surface area contributed by atoms with Crippen molar-refractivity contribution in [2.75, 3.05) is 58.5 Å². The van der Waals surface area contributed by atoms with E-state index in [9.17, 15) is 4.79 Å². The van der Waals surface area contributed by atoms with E-state index in [1.165, 1.54) is 0 Å². The Hall–Kier alpha value is -2.06. The highest BCUT2D eigenvalue weighted by atomic mass is 32.1. The summed E-state index contributed by atoms with van der Waals surface area (Å²) in [5, 5.41) is 0.996. The second-order valence-corrected chi connectivity index (χ2v) is 8.25. The zero-order valence-corrected chi connectivity index (χ0v) is 17.3. The fourth-order valence-electron chi connectivity index (χ4n) is 3.93. The Morgan fingerprint density at radius 2 is 1.82 bits per heavy atom. The van der Waals surface area contributed by atoms with E-state index in [2.05, 4.69) is 4.90 Å². The van der Waals surface area contributed by atoms with Crippen molar-refractivity contribution in [2.24, 2.45) is 5.92 Å². The van der Waals surface area contributed by atoms with Crippen molar-refractivity contribution >= 4 is 32.6 Å². The first kappa shape index (κ1) is 19.3. The second kappa shape index (κ2) is 8.53. The number of morpholine rings is 1. The maximum Gasteiger partial charge on any atom is 0.223 e. The van der Waals surface area contributed by atoms with Gasteiger partial charge in [0, 0.05) is 32.6 Å². The minimum Gasteiger partial charge on any atom is -0.495 e. The number of anilines is 1. The maximum atomic E-state index is 12.5. The number of amides is 1. The lowest BCUT2D eigenvalue weighted by molar-refractivity contribution is -0.136. The summed E-state index contributed by atoms with van der Waals surface area (Å²) in [5.74, 6) is 2.32. The van der Waals surface area contributed by atoms with E-state index in [1.54, 1.807) is 25.6 Å². The van der Waals surface area contributed by atoms with Gasteiger partial charge in [0.05, 0.1) is 27.4 Å². The molecule has 1 amide bonds. The van der Waals surface area contributed by atoms with Crippen LogP contribution in [0.4, 0.5) is 5.13 Å². The number of benzene rings is 1. The molecule has 4 rings (SSSR count). The quantitative estimate of drug-likeness (QED) is 0.762. The predicted octanol–water partition coefficient (Wildman–Crippen LogP) is 2.78. The van der Waals surface area contributed by atoms with Crippen LogP contribution in [0.5, 0.6) is 11.5 Å². The van der Waals surface area contributed by atoms with Gasteiger partial charge in [0.1, 0.15) is 21.7 Å². The smallest absolute Gasteiger partial charge is 0.223 e. The second-order valence-electron chi connectivity index (χ2n) is 7.27. The number of nitrogens with zero attached hydrogens (tertiary/aromatic N) is 3. The van der Waals surface area contributed by atoms with Crippen LogP contribution in [0.2, 0.25) is 0 Å². The Labute approximate surface area is 169 Å². The molecule has 2 aliphatic rings. The van der Waals surface area contributed by atoms with Crippen LogP contribution in [0.25, 0.3) is 10.2 Å². The molecule has 0 aliphatic carbocycles. The fourth-order valence-corrected chi connectivity index (χ4v) is 5.05. The molecule has 2 aliphatic heterocycles. The van der Waals surface area contributed by atoms with Crippen molar-refractivity contribution in [2.45, 2.75) is 19.3 Å². The third kappa shape index (κ3) is 3.89. The van der Waals surface area contributed by atoms with Crippen LogP contribution in [0.15, 0.2) is 12.1 Å². The van der Waals surface area contributed by atoms with Gasteiger partial charge < -0.3 is 24.0 Å². The average Bonchev–Trinajstić information content (AvgIpc) is 3.19. The largest absolute Gasteiger partial charge is 0.495 e. The van der Waals surface area contributed by atoms with E-state index in [0.29, 0.717) is 25.6 Å². The van der Waals surface area contributed by atoms with Gasteiger partial charge in [-0.25, -0.2) is 4.98 Å². The molecule has 0 saturated carbocycles. The van der Waals surface area contributed by atoms with Crippen molar-refractivity contribution in [1.82, 2.24) is 9.88 Å². The maximum absolute atomic E-state index is 12.5. The van der Waals surface area contributed by atoms with Gasteiger partial charge in [0.2, 0.25) is 5.91 Å². The van der Waals surface area contributed by atoms with Crippen LogP contribution in [-0.2, 0) is 9.53 Å². The minimum absolute atomic E-state index is 0.274. The number of ether oxygens (including phenoxy) is 3. The lowest BCUT2D eigenvalue weighted by Gasteiger charge is -2.33. The molecule has 28 heavy (non-hydrogen) atoms. The highest BCUT2D eigenvalue weighted by molar-refractivity contribution is 7.22. The van der Waals surface area contributed by atoms with E-state index in [1.807, 2.05) is 17.0 Å². The first-order valence-corrected chi connectivity index (χ1v) is 10.6. The molecular formula is C20H27N3O4S. The van der Waals surface area contributed by atoms with Gasteiger partial charge in [-0.15, -0.1) is 0 Å². The van der Waals surface area contributed by atoms with Crippen LogP contribution >= 0.6 is 11.3 Å². The fraction of sp³-hybridized carbons (Fsp3) is 0.600. The molecule has 2 fully saturated rings. The van der Waals surface area contributed by atoms with Crippen molar-refractivity contribution in [3.05, 3.63) is 12.1 Å². The van der Waals surface area contributed by atoms with E-state index in [0.717, 1.165) is 65.9 Å². The molecule has 2 saturated heterocycles. The zero-order valence-electron chi connectivity index (χ0n) is 16.5. The Bertz CT molecular complexity index is 785. The standard InChI is InChI=1S/C20H27N3O4S/c1-25-15-3-4-16(26-2)19-18(15)21-20(28-19)23-7-5-14(6-8-23)13-17(24)22-9-11-27-12-10-22/h3-4,14H,5-13H2,1-2H3. The highest BCUT2D eigenvalue weighted by Gasteiger charge is 2.26. The summed E-state index contributed by atoms with van der Waals surface area (Å²) in [4.78, 5) is 21.6. The topological polar surface area (TPSA) is 64.1 Å². The van der Waals surface area contributed by atoms with Crippen LogP contribution in [0.1, 0.15) is 19.3 Å². The number of carbonyl (C=O) groups excluding carboxylic acids is 1. The molecule has 0 atom stereocenters. The Morgan fingerprint density at radius 3 is 2.50 bits per heavy atom. The molecule has 8 heteroatoms. The Morgan fingerprint density at radius 1 is 1.14 bits per heavy atom. The van der Waals surface area contributed by atoms with Gasteiger partial charge in [0.15, 0.2) is 5.13 Å². The lowest BCUT2D eigenvalue weighted by atomic mass is 9.93. The van der Waals surface area contributed by atoms with Crippen LogP contribution in [0, 0.1) is 5.92 Å². The summed E-state index contributed by atoms with van der Waals surface area (Å²) in [6.07, 6.45) is 2.68. The lowest BCUT2D eigenvalue weighted by Crippen LogP contribution is -2.42. The summed E-state index contributed by atoms with van der Waals surface area (Å²) in [5.41, 5.74) is 0.853. The molecule has 2 aromatic rings. The van der Waals surface area contributed by atoms with Gasteiger partial charge in [-0.05, 0) is 30.9 Å². The molecule has 1 aromatic carbocycles. The van der Waals surface area contributed by atoms with E-state index in [4.69, 9.17) is 19.2 Å². The SMILES string of the molecule is COc1ccc(OC)c2sc(N3CCC(CC(=O)N4CCOCC4)CC3)nc12. The van der Waals surface area contributed by atoms with Crippen LogP contribution < -0.4 is 14.4 Å². The van der Waals surface area contributed by atoms with Gasteiger partial charge in [-0.2, -0.15) is 0 Å². The van der Waals surface area contributed by atoms with Gasteiger partial charge in [-0.3, -0.25) is 4.79 Å². The average molecular weight is 406 g/mol. The molecule has 7 nitrogen and oxygen atoms in total. The van der Waals surface area contributed by atoms with Crippen molar-refractivity contribution in [3.8, 4) is 11.5 Å². The van der Waals surface area contributed by atoms with Crippen molar-refractivity contribution in [1.29, 1.82) is 0 Å². The number of hydrogen-bond donors (Lipinski definition) is 0. The Kier molecular flexibility index (Phi) is 5.87. The van der Waals surface area contributed by atoms with Gasteiger partial charge in [0.25, 0.3) is 0 Å². The normalized spacial score (nSPS) is 18.5. The monoisotopic (exact) mass is 405 g/mol. The Balaban J connectivity index is 1.40. The zero-order chi connectivity index (χ0) is 19.5. The summed E-state index contributed by atoms with van der Waals surface area (Å²) >= 11 is 1.64. The van der Waals surface area contributed by atoms with Crippen LogP contribution in [0.3, 0.4) is 0 Å². The molecule has 1 aromatic heterocycles. The first-order chi connectivity index (χ1) is 13.7. The number of rotatable bonds is 5. The van der Waals surface area contributed by atoms with Gasteiger partial charge in [-0.1, -0.05) is 11.3 Å².